The third-order valence-corrected chi connectivity index (χ3v) is 4.49. The molecule has 1 aromatic heterocycles. The number of carbonyl (C=O) groups excluding carboxylic acids is 1. The molecular weight excluding hydrogens is 350 g/mol. The second-order valence-electron chi connectivity index (χ2n) is 6.15. The Balaban J connectivity index is 1.59. The highest BCUT2D eigenvalue weighted by Crippen LogP contribution is 2.34. The summed E-state index contributed by atoms with van der Waals surface area (Å²) in [5, 5.41) is 3.53. The number of ether oxygens (including phenoxy) is 3. The number of nitrogens with one attached hydrogen (secondary N) is 1. The second kappa shape index (κ2) is 6.68. The van der Waals surface area contributed by atoms with Crippen molar-refractivity contribution < 1.29 is 23.4 Å². The van der Waals surface area contributed by atoms with E-state index < -0.39 is 5.63 Å². The Kier molecular flexibility index (Phi) is 4.19. The van der Waals surface area contributed by atoms with Crippen LogP contribution >= 0.6 is 0 Å². The van der Waals surface area contributed by atoms with Crippen LogP contribution in [0.15, 0.2) is 45.6 Å². The molecule has 2 heterocycles. The zero-order valence-electron chi connectivity index (χ0n) is 14.8. The predicted octanol–water partition coefficient (Wildman–Crippen LogP) is 3.02. The summed E-state index contributed by atoms with van der Waals surface area (Å²) < 4.78 is 21.1. The van der Waals surface area contributed by atoms with E-state index in [4.69, 9.17) is 18.6 Å². The Morgan fingerprint density at radius 1 is 1.15 bits per heavy atom. The van der Waals surface area contributed by atoms with Crippen LogP contribution in [-0.4, -0.2) is 19.8 Å². The van der Waals surface area contributed by atoms with Gasteiger partial charge >= 0.3 is 5.63 Å². The Morgan fingerprint density at radius 3 is 2.78 bits per heavy atom. The molecule has 1 amide bonds. The van der Waals surface area contributed by atoms with Gasteiger partial charge in [0.15, 0.2) is 11.5 Å². The molecule has 0 fully saturated rings. The van der Waals surface area contributed by atoms with Crippen LogP contribution in [0.5, 0.6) is 17.2 Å². The first kappa shape index (κ1) is 17.0. The van der Waals surface area contributed by atoms with Gasteiger partial charge < -0.3 is 23.9 Å². The van der Waals surface area contributed by atoms with Gasteiger partial charge in [-0.15, -0.1) is 0 Å². The van der Waals surface area contributed by atoms with Crippen molar-refractivity contribution in [2.45, 2.75) is 13.3 Å². The van der Waals surface area contributed by atoms with E-state index >= 15 is 0 Å². The highest BCUT2D eigenvalue weighted by atomic mass is 16.7. The van der Waals surface area contributed by atoms with E-state index in [1.807, 2.05) is 6.07 Å². The van der Waals surface area contributed by atoms with Gasteiger partial charge in [0.05, 0.1) is 19.1 Å². The number of fused-ring (bicyclic) bond motifs is 2. The molecule has 3 aromatic rings. The van der Waals surface area contributed by atoms with Gasteiger partial charge in [-0.2, -0.15) is 0 Å². The Morgan fingerprint density at radius 2 is 1.96 bits per heavy atom. The van der Waals surface area contributed by atoms with Crippen molar-refractivity contribution in [3.05, 3.63) is 57.9 Å². The third kappa shape index (κ3) is 3.19. The Hall–Kier alpha value is -3.48. The number of rotatable bonds is 4. The summed E-state index contributed by atoms with van der Waals surface area (Å²) in [7, 11) is 1.54. The van der Waals surface area contributed by atoms with Crippen LogP contribution in [0.1, 0.15) is 11.1 Å². The fourth-order valence-electron chi connectivity index (χ4n) is 3.05. The van der Waals surface area contributed by atoms with E-state index in [1.54, 1.807) is 44.4 Å². The number of methoxy groups -OCH3 is 1. The molecule has 0 atom stereocenters. The topological polar surface area (TPSA) is 87.0 Å². The Labute approximate surface area is 154 Å². The van der Waals surface area contributed by atoms with Crippen LogP contribution in [0, 0.1) is 6.92 Å². The molecule has 0 bridgehead atoms. The molecule has 7 heteroatoms. The molecule has 1 aliphatic rings. The van der Waals surface area contributed by atoms with Gasteiger partial charge in [-0.05, 0) is 36.8 Å². The number of benzene rings is 2. The van der Waals surface area contributed by atoms with E-state index in [9.17, 15) is 9.59 Å². The molecule has 0 unspecified atom stereocenters. The van der Waals surface area contributed by atoms with E-state index in [0.29, 0.717) is 39.6 Å². The molecule has 0 saturated carbocycles. The normalized spacial score (nSPS) is 12.2. The fourth-order valence-corrected chi connectivity index (χ4v) is 3.05. The van der Waals surface area contributed by atoms with Gasteiger partial charge in [0.1, 0.15) is 11.3 Å². The van der Waals surface area contributed by atoms with Crippen LogP contribution in [0.2, 0.25) is 0 Å². The van der Waals surface area contributed by atoms with Gasteiger partial charge in [0.2, 0.25) is 12.7 Å². The molecule has 2 aromatic carbocycles. The van der Waals surface area contributed by atoms with Crippen molar-refractivity contribution in [2.24, 2.45) is 0 Å². The van der Waals surface area contributed by atoms with Crippen molar-refractivity contribution in [3.63, 3.8) is 0 Å². The minimum absolute atomic E-state index is 0.0927. The minimum Gasteiger partial charge on any atom is -0.497 e. The maximum absolute atomic E-state index is 12.4. The molecule has 27 heavy (non-hydrogen) atoms. The highest BCUT2D eigenvalue weighted by Gasteiger charge is 2.17. The lowest BCUT2D eigenvalue weighted by Gasteiger charge is -2.10. The highest BCUT2D eigenvalue weighted by molar-refractivity contribution is 5.93. The van der Waals surface area contributed by atoms with E-state index in [0.717, 1.165) is 5.39 Å². The molecule has 138 valence electrons. The number of hydrogen-bond donors (Lipinski definition) is 1. The smallest absolute Gasteiger partial charge is 0.340 e. The number of hydrogen-bond acceptors (Lipinski definition) is 6. The summed E-state index contributed by atoms with van der Waals surface area (Å²) in [5.74, 6) is 1.48. The van der Waals surface area contributed by atoms with E-state index in [-0.39, 0.29) is 19.1 Å². The van der Waals surface area contributed by atoms with Crippen LogP contribution < -0.4 is 25.2 Å². The molecule has 1 aliphatic heterocycles. The van der Waals surface area contributed by atoms with Gasteiger partial charge in [-0.25, -0.2) is 4.79 Å². The lowest BCUT2D eigenvalue weighted by Crippen LogP contribution is -2.20. The minimum atomic E-state index is -0.533. The Bertz CT molecular complexity index is 1100. The maximum Gasteiger partial charge on any atom is 0.340 e. The molecular formula is C20H17NO6. The largest absolute Gasteiger partial charge is 0.497 e. The van der Waals surface area contributed by atoms with Crippen molar-refractivity contribution in [2.75, 3.05) is 19.2 Å². The molecule has 7 nitrogen and oxygen atoms in total. The maximum atomic E-state index is 12.4. The van der Waals surface area contributed by atoms with Crippen molar-refractivity contribution in [1.29, 1.82) is 0 Å². The summed E-state index contributed by atoms with van der Waals surface area (Å²) in [5.41, 5.74) is 1.50. The molecule has 4 rings (SSSR count). The monoisotopic (exact) mass is 367 g/mol. The first-order valence-corrected chi connectivity index (χ1v) is 8.35. The zero-order chi connectivity index (χ0) is 19.0. The third-order valence-electron chi connectivity index (χ3n) is 4.49. The first-order valence-electron chi connectivity index (χ1n) is 8.35. The average Bonchev–Trinajstić information content (AvgIpc) is 3.12. The van der Waals surface area contributed by atoms with Gasteiger partial charge in [-0.1, -0.05) is 0 Å². The summed E-state index contributed by atoms with van der Waals surface area (Å²) in [6.07, 6.45) is -0.0927. The van der Waals surface area contributed by atoms with Crippen molar-refractivity contribution >= 4 is 22.6 Å². The molecule has 0 radical (unpaired) electrons. The predicted molar refractivity (Wildman–Crippen MR) is 98.7 cm³/mol. The van der Waals surface area contributed by atoms with Crippen molar-refractivity contribution in [3.8, 4) is 17.2 Å². The first-order chi connectivity index (χ1) is 13.0. The number of anilines is 1. The molecule has 0 saturated heterocycles. The van der Waals surface area contributed by atoms with Gasteiger partial charge in [-0.3, -0.25) is 4.79 Å². The van der Waals surface area contributed by atoms with Crippen LogP contribution in [0.4, 0.5) is 5.69 Å². The molecule has 0 aliphatic carbocycles. The standard InChI is InChI=1S/C20H17NO6/c1-11-14-5-4-13(24-2)8-17(14)27-20(23)15(11)9-19(22)21-12-3-6-16-18(7-12)26-10-25-16/h3-8H,9-10H2,1-2H3,(H,21,22). The summed E-state index contributed by atoms with van der Waals surface area (Å²) >= 11 is 0. The van der Waals surface area contributed by atoms with E-state index in [1.165, 1.54) is 0 Å². The van der Waals surface area contributed by atoms with Crippen LogP contribution in [0.3, 0.4) is 0 Å². The quantitative estimate of drug-likeness (QED) is 0.714. The van der Waals surface area contributed by atoms with E-state index in [2.05, 4.69) is 5.32 Å². The lowest BCUT2D eigenvalue weighted by molar-refractivity contribution is -0.115. The molecule has 1 N–H and O–H groups in total. The zero-order valence-corrected chi connectivity index (χ0v) is 14.8. The lowest BCUT2D eigenvalue weighted by atomic mass is 10.0. The fraction of sp³-hybridized carbons (Fsp3) is 0.200. The number of amides is 1. The average molecular weight is 367 g/mol. The summed E-state index contributed by atoms with van der Waals surface area (Å²) in [6.45, 7) is 1.96. The van der Waals surface area contributed by atoms with Crippen LogP contribution in [0.25, 0.3) is 11.0 Å². The summed E-state index contributed by atoms with van der Waals surface area (Å²) in [6, 6.07) is 10.4. The molecule has 0 spiro atoms. The van der Waals surface area contributed by atoms with Gasteiger partial charge in [0.25, 0.3) is 0 Å². The second-order valence-corrected chi connectivity index (χ2v) is 6.15. The van der Waals surface area contributed by atoms with Crippen LogP contribution in [-0.2, 0) is 11.2 Å². The number of aryl methyl sites for hydroxylation is 1. The number of carbonyl (C=O) groups is 1. The SMILES string of the molecule is COc1ccc2c(C)c(CC(=O)Nc3ccc4c(c3)OCO4)c(=O)oc2c1. The van der Waals surface area contributed by atoms with Gasteiger partial charge in [0, 0.05) is 23.2 Å². The van der Waals surface area contributed by atoms with Crippen molar-refractivity contribution in [1.82, 2.24) is 0 Å². The summed E-state index contributed by atoms with van der Waals surface area (Å²) in [4.78, 5) is 24.8.